The Balaban J connectivity index is 2.49. The van der Waals surface area contributed by atoms with Gasteiger partial charge in [0, 0.05) is 12.0 Å². The zero-order valence-electron chi connectivity index (χ0n) is 24.1. The lowest BCUT2D eigenvalue weighted by Crippen LogP contribution is -2.52. The minimum Gasteiger partial charge on any atom is -0.412 e. The summed E-state index contributed by atoms with van der Waals surface area (Å²) in [6.45, 7) is 29.2. The van der Waals surface area contributed by atoms with Crippen molar-refractivity contribution in [2.24, 2.45) is 11.8 Å². The van der Waals surface area contributed by atoms with E-state index in [1.807, 2.05) is 0 Å². The van der Waals surface area contributed by atoms with E-state index in [9.17, 15) is 4.79 Å². The summed E-state index contributed by atoms with van der Waals surface area (Å²) in [6, 6.07) is 0. The van der Waals surface area contributed by atoms with E-state index in [4.69, 9.17) is 8.85 Å². The van der Waals surface area contributed by atoms with Crippen molar-refractivity contribution in [1.82, 2.24) is 0 Å². The lowest BCUT2D eigenvalue weighted by atomic mass is 9.75. The van der Waals surface area contributed by atoms with Gasteiger partial charge >= 0.3 is 0 Å². The zero-order chi connectivity index (χ0) is 26.2. The molecule has 0 unspecified atom stereocenters. The second-order valence-electron chi connectivity index (χ2n) is 13.8. The molecule has 0 bridgehead atoms. The Labute approximate surface area is 213 Å². The molecule has 2 aliphatic rings. The van der Waals surface area contributed by atoms with E-state index in [0.29, 0.717) is 17.9 Å². The maximum atomic E-state index is 12.7. The summed E-state index contributed by atoms with van der Waals surface area (Å²) in [5, 5.41) is 0.198. The van der Waals surface area contributed by atoms with Gasteiger partial charge in [-0.15, -0.1) is 0 Å². The third-order valence-electron chi connectivity index (χ3n) is 9.22. The lowest BCUT2D eigenvalue weighted by molar-refractivity contribution is -0.115. The molecule has 2 saturated carbocycles. The van der Waals surface area contributed by atoms with Crippen molar-refractivity contribution < 1.29 is 13.6 Å². The topological polar surface area (TPSA) is 35.5 Å². The van der Waals surface area contributed by atoms with Crippen molar-refractivity contribution in [3.8, 4) is 11.8 Å². The molecule has 0 N–H and O–H groups in total. The van der Waals surface area contributed by atoms with Crippen LogP contribution < -0.4 is 0 Å². The Morgan fingerprint density at radius 3 is 1.94 bits per heavy atom. The van der Waals surface area contributed by atoms with E-state index in [2.05, 4.69) is 93.1 Å². The molecular formula is C29H52O3Si2. The molecule has 3 nitrogen and oxygen atoms in total. The molecule has 0 amide bonds. The van der Waals surface area contributed by atoms with Crippen LogP contribution >= 0.6 is 0 Å². The number of rotatable bonds is 6. The number of ketones is 1. The molecule has 0 aromatic carbocycles. The van der Waals surface area contributed by atoms with Crippen LogP contribution in [-0.4, -0.2) is 34.1 Å². The first-order valence-electron chi connectivity index (χ1n) is 13.5. The van der Waals surface area contributed by atoms with Gasteiger partial charge in [-0.2, -0.15) is 0 Å². The Morgan fingerprint density at radius 2 is 1.47 bits per heavy atom. The van der Waals surface area contributed by atoms with Crippen molar-refractivity contribution in [2.75, 3.05) is 0 Å². The van der Waals surface area contributed by atoms with E-state index in [1.165, 1.54) is 32.1 Å². The predicted molar refractivity (Wildman–Crippen MR) is 150 cm³/mol. The largest absolute Gasteiger partial charge is 0.412 e. The van der Waals surface area contributed by atoms with Crippen LogP contribution in [0.15, 0.2) is 12.2 Å². The molecule has 0 aromatic rings. The smallest absolute Gasteiger partial charge is 0.194 e. The van der Waals surface area contributed by atoms with Crippen molar-refractivity contribution >= 4 is 22.4 Å². The van der Waals surface area contributed by atoms with Gasteiger partial charge in [-0.1, -0.05) is 86.1 Å². The first-order chi connectivity index (χ1) is 15.4. The van der Waals surface area contributed by atoms with Crippen molar-refractivity contribution in [1.29, 1.82) is 0 Å². The normalized spacial score (nSPS) is 25.1. The maximum Gasteiger partial charge on any atom is 0.194 e. The van der Waals surface area contributed by atoms with Gasteiger partial charge in [0.25, 0.3) is 0 Å². The number of hydrogen-bond acceptors (Lipinski definition) is 3. The van der Waals surface area contributed by atoms with E-state index in [1.54, 1.807) is 0 Å². The number of Topliss-reactive ketones (excluding diaryl/α,β-unsaturated/α-hetero) is 1. The van der Waals surface area contributed by atoms with Crippen molar-refractivity contribution in [3.63, 3.8) is 0 Å². The van der Waals surface area contributed by atoms with Gasteiger partial charge in [-0.25, -0.2) is 0 Å². The third kappa shape index (κ3) is 6.35. The first-order valence-corrected chi connectivity index (χ1v) is 19.3. The van der Waals surface area contributed by atoms with Gasteiger partial charge in [0.15, 0.2) is 22.4 Å². The average Bonchev–Trinajstić information content (AvgIpc) is 2.96. The van der Waals surface area contributed by atoms with Crippen LogP contribution in [0.25, 0.3) is 0 Å². The molecule has 5 heteroatoms. The number of carbonyl (C=O) groups excluding carboxylic acids is 1. The molecule has 0 heterocycles. The van der Waals surface area contributed by atoms with E-state index in [0.717, 1.165) is 6.42 Å². The first kappa shape index (κ1) is 29.6. The Bertz CT molecular complexity index is 813. The zero-order valence-corrected chi connectivity index (χ0v) is 26.1. The Kier molecular flexibility index (Phi) is 9.01. The highest BCUT2D eigenvalue weighted by molar-refractivity contribution is 6.74. The van der Waals surface area contributed by atoms with Crippen LogP contribution in [0.1, 0.15) is 93.4 Å². The molecule has 194 valence electrons. The number of carbonyl (C=O) groups is 1. The van der Waals surface area contributed by atoms with Gasteiger partial charge < -0.3 is 8.85 Å². The van der Waals surface area contributed by atoms with E-state index >= 15 is 0 Å². The van der Waals surface area contributed by atoms with Gasteiger partial charge in [0.1, 0.15) is 5.60 Å². The van der Waals surface area contributed by atoms with Gasteiger partial charge in [0.05, 0.1) is 12.0 Å². The van der Waals surface area contributed by atoms with Crippen LogP contribution in [0, 0.1) is 23.7 Å². The minimum atomic E-state index is -2.05. The molecule has 0 spiro atoms. The molecule has 34 heavy (non-hydrogen) atoms. The molecule has 2 rings (SSSR count). The fraction of sp³-hybridized carbons (Fsp3) is 0.828. The fourth-order valence-electron chi connectivity index (χ4n) is 4.71. The minimum absolute atomic E-state index is 0.0820. The fourth-order valence-corrected chi connectivity index (χ4v) is 7.62. The Morgan fingerprint density at radius 1 is 0.941 bits per heavy atom. The summed E-state index contributed by atoms with van der Waals surface area (Å²) in [5.41, 5.74) is 0.161. The summed E-state index contributed by atoms with van der Waals surface area (Å²) in [7, 11) is -4.08. The van der Waals surface area contributed by atoms with Crippen molar-refractivity contribution in [3.05, 3.63) is 12.2 Å². The van der Waals surface area contributed by atoms with E-state index in [-0.39, 0.29) is 27.9 Å². The quantitative estimate of drug-likeness (QED) is 0.207. The third-order valence-corrected chi connectivity index (χ3v) is 18.2. The standard InChI is InChI=1S/C29H52O3Si2/c1-13-29(23-17-15-14-16-18-23,32-34(11,12)28(6,7)8)20-19-24-22(2)25(30)21-26(24)31-33(9,10)27(3,4)5/h23-24,26H,2,13-18,21H2,1,3-12H3/t24-,26-,29-/m1/s1. The van der Waals surface area contributed by atoms with Crippen LogP contribution in [-0.2, 0) is 13.6 Å². The summed E-state index contributed by atoms with van der Waals surface area (Å²) in [4.78, 5) is 12.7. The predicted octanol–water partition coefficient (Wildman–Crippen LogP) is 8.28. The molecule has 0 aromatic heterocycles. The highest BCUT2D eigenvalue weighted by atomic mass is 28.4. The van der Waals surface area contributed by atoms with E-state index < -0.39 is 22.2 Å². The molecule has 0 radical (unpaired) electrons. The highest BCUT2D eigenvalue weighted by Gasteiger charge is 2.48. The molecule has 0 saturated heterocycles. The average molecular weight is 505 g/mol. The molecule has 0 aliphatic heterocycles. The monoisotopic (exact) mass is 504 g/mol. The summed E-state index contributed by atoms with van der Waals surface area (Å²) < 4.78 is 13.9. The second kappa shape index (κ2) is 10.4. The summed E-state index contributed by atoms with van der Waals surface area (Å²) in [6.07, 6.45) is 7.23. The Hall–Kier alpha value is -0.676. The van der Waals surface area contributed by atoms with Crippen LogP contribution in [0.3, 0.4) is 0 Å². The molecule has 2 fully saturated rings. The van der Waals surface area contributed by atoms with Gasteiger partial charge in [-0.05, 0) is 61.4 Å². The van der Waals surface area contributed by atoms with Crippen LogP contribution in [0.4, 0.5) is 0 Å². The summed E-state index contributed by atoms with van der Waals surface area (Å²) in [5.74, 6) is 7.60. The lowest BCUT2D eigenvalue weighted by Gasteiger charge is -2.47. The van der Waals surface area contributed by atoms with Crippen molar-refractivity contribution in [2.45, 2.75) is 141 Å². The van der Waals surface area contributed by atoms with Crippen LogP contribution in [0.5, 0.6) is 0 Å². The second-order valence-corrected chi connectivity index (χ2v) is 23.2. The summed E-state index contributed by atoms with van der Waals surface area (Å²) >= 11 is 0. The molecule has 2 aliphatic carbocycles. The van der Waals surface area contributed by atoms with Crippen LogP contribution in [0.2, 0.25) is 36.3 Å². The number of hydrogen-bond donors (Lipinski definition) is 0. The molecule has 3 atom stereocenters. The maximum absolute atomic E-state index is 12.7. The van der Waals surface area contributed by atoms with Gasteiger partial charge in [0.2, 0.25) is 0 Å². The highest BCUT2D eigenvalue weighted by Crippen LogP contribution is 2.46. The molecular weight excluding hydrogens is 452 g/mol. The van der Waals surface area contributed by atoms with Gasteiger partial charge in [-0.3, -0.25) is 4.79 Å². The SMILES string of the molecule is C=C1C(=O)C[C@@H](O[Si](C)(C)C(C)(C)C)[C@@H]1C#C[C@@](CC)(O[Si](C)(C)C(C)(C)C)C1CCCCC1.